The Morgan fingerprint density at radius 1 is 1.04 bits per heavy atom. The second-order valence-electron chi connectivity index (χ2n) is 7.79. The molecule has 0 aromatic carbocycles. The summed E-state index contributed by atoms with van der Waals surface area (Å²) in [4.78, 5) is 9.79. The maximum Gasteiger partial charge on any atom is 0.191 e. The number of halogens is 1. The quantitative estimate of drug-likeness (QED) is 0.374. The number of rotatable bonds is 5. The summed E-state index contributed by atoms with van der Waals surface area (Å²) in [5.41, 5.74) is 0. The van der Waals surface area contributed by atoms with E-state index in [-0.39, 0.29) is 24.0 Å². The number of aliphatic imine (C=N–C) groups is 1. The molecule has 3 aliphatic rings. The molecule has 2 saturated heterocycles. The largest absolute Gasteiger partial charge is 0.355 e. The molecule has 6 heteroatoms. The number of guanidine groups is 1. The van der Waals surface area contributed by atoms with Gasteiger partial charge < -0.3 is 10.6 Å². The molecule has 5 nitrogen and oxygen atoms in total. The zero-order valence-electron chi connectivity index (χ0n) is 16.2. The maximum absolute atomic E-state index is 4.47. The van der Waals surface area contributed by atoms with Crippen LogP contribution in [0.15, 0.2) is 4.99 Å². The first-order valence-electron chi connectivity index (χ1n) is 10.3. The summed E-state index contributed by atoms with van der Waals surface area (Å²) < 4.78 is 0. The predicted octanol–water partition coefficient (Wildman–Crippen LogP) is 2.66. The lowest BCUT2D eigenvalue weighted by atomic mass is 10.0. The van der Waals surface area contributed by atoms with Crippen LogP contribution in [0.3, 0.4) is 0 Å². The SMILES string of the molecule is CCN1CCCCC1CNC(=NC)NC1CCN(C2CCCC2)C1.I. The van der Waals surface area contributed by atoms with Gasteiger partial charge in [-0.1, -0.05) is 26.2 Å². The Hall–Kier alpha value is -0.0800. The van der Waals surface area contributed by atoms with Crippen molar-refractivity contribution in [2.24, 2.45) is 4.99 Å². The molecular formula is C19H38IN5. The van der Waals surface area contributed by atoms with Gasteiger partial charge in [-0.2, -0.15) is 0 Å². The van der Waals surface area contributed by atoms with Gasteiger partial charge in [-0.3, -0.25) is 14.8 Å². The molecule has 1 saturated carbocycles. The van der Waals surface area contributed by atoms with Crippen LogP contribution in [-0.4, -0.2) is 73.7 Å². The topological polar surface area (TPSA) is 42.9 Å². The van der Waals surface area contributed by atoms with Gasteiger partial charge in [0.15, 0.2) is 5.96 Å². The highest BCUT2D eigenvalue weighted by Gasteiger charge is 2.30. The average Bonchev–Trinajstić information content (AvgIpc) is 3.30. The average molecular weight is 463 g/mol. The molecule has 0 aromatic rings. The fourth-order valence-corrected chi connectivity index (χ4v) is 4.82. The maximum atomic E-state index is 4.47. The van der Waals surface area contributed by atoms with Gasteiger partial charge in [0.1, 0.15) is 0 Å². The molecule has 0 bridgehead atoms. The number of likely N-dealkylation sites (tertiary alicyclic amines) is 2. The van der Waals surface area contributed by atoms with Crippen LogP contribution in [0.4, 0.5) is 0 Å². The summed E-state index contributed by atoms with van der Waals surface area (Å²) in [6.45, 7) is 8.17. The second kappa shape index (κ2) is 10.9. The van der Waals surface area contributed by atoms with Gasteiger partial charge in [-0.05, 0) is 45.2 Å². The molecule has 2 unspecified atom stereocenters. The summed E-state index contributed by atoms with van der Waals surface area (Å²) in [7, 11) is 1.90. The van der Waals surface area contributed by atoms with E-state index in [2.05, 4.69) is 32.3 Å². The van der Waals surface area contributed by atoms with Gasteiger partial charge in [0, 0.05) is 44.8 Å². The number of hydrogen-bond donors (Lipinski definition) is 2. The first-order valence-corrected chi connectivity index (χ1v) is 10.3. The van der Waals surface area contributed by atoms with Crippen LogP contribution in [0.25, 0.3) is 0 Å². The van der Waals surface area contributed by atoms with E-state index < -0.39 is 0 Å². The number of likely N-dealkylation sites (N-methyl/N-ethyl adjacent to an activating group) is 1. The molecule has 3 rings (SSSR count). The number of nitrogens with one attached hydrogen (secondary N) is 2. The van der Waals surface area contributed by atoms with Gasteiger partial charge in [-0.25, -0.2) is 0 Å². The van der Waals surface area contributed by atoms with Crippen molar-refractivity contribution in [1.82, 2.24) is 20.4 Å². The predicted molar refractivity (Wildman–Crippen MR) is 117 cm³/mol. The van der Waals surface area contributed by atoms with Crippen LogP contribution in [0, 0.1) is 0 Å². The minimum atomic E-state index is 0. The number of hydrogen-bond acceptors (Lipinski definition) is 3. The normalized spacial score (nSPS) is 29.6. The second-order valence-corrected chi connectivity index (χ2v) is 7.79. The summed E-state index contributed by atoms with van der Waals surface area (Å²) in [6.07, 6.45) is 11.0. The first-order chi connectivity index (χ1) is 11.8. The van der Waals surface area contributed by atoms with Gasteiger partial charge >= 0.3 is 0 Å². The molecule has 146 valence electrons. The Kier molecular flexibility index (Phi) is 9.27. The zero-order valence-corrected chi connectivity index (χ0v) is 18.5. The molecule has 3 fully saturated rings. The van der Waals surface area contributed by atoms with E-state index in [0.29, 0.717) is 12.1 Å². The van der Waals surface area contributed by atoms with E-state index in [1.54, 1.807) is 0 Å². The van der Waals surface area contributed by atoms with Crippen molar-refractivity contribution in [3.05, 3.63) is 0 Å². The van der Waals surface area contributed by atoms with E-state index in [4.69, 9.17) is 0 Å². The van der Waals surface area contributed by atoms with Crippen LogP contribution >= 0.6 is 24.0 Å². The molecule has 0 aromatic heterocycles. The molecule has 0 radical (unpaired) electrons. The monoisotopic (exact) mass is 463 g/mol. The fourth-order valence-electron chi connectivity index (χ4n) is 4.82. The molecule has 2 aliphatic heterocycles. The smallest absolute Gasteiger partial charge is 0.191 e. The summed E-state index contributed by atoms with van der Waals surface area (Å²) in [5.74, 6) is 0.995. The Labute approximate surface area is 171 Å². The lowest BCUT2D eigenvalue weighted by Crippen LogP contribution is -2.51. The Bertz CT molecular complexity index is 411. The van der Waals surface area contributed by atoms with Crippen molar-refractivity contribution in [3.63, 3.8) is 0 Å². The van der Waals surface area contributed by atoms with Crippen molar-refractivity contribution in [3.8, 4) is 0 Å². The van der Waals surface area contributed by atoms with E-state index in [1.807, 2.05) is 7.05 Å². The van der Waals surface area contributed by atoms with Crippen molar-refractivity contribution in [2.45, 2.75) is 76.4 Å². The standard InChI is InChI=1S/C19H37N5.HI/c1-3-23-12-7-6-10-18(23)14-21-19(20-2)22-16-11-13-24(15-16)17-8-4-5-9-17;/h16-18H,3-15H2,1-2H3,(H2,20,21,22);1H. The van der Waals surface area contributed by atoms with Crippen LogP contribution in [-0.2, 0) is 0 Å². The molecule has 1 aliphatic carbocycles. The number of piperidine rings is 1. The summed E-state index contributed by atoms with van der Waals surface area (Å²) in [5, 5.41) is 7.26. The van der Waals surface area contributed by atoms with Crippen LogP contribution in [0.1, 0.15) is 58.3 Å². The molecule has 0 amide bonds. The lowest BCUT2D eigenvalue weighted by molar-refractivity contribution is 0.157. The third-order valence-electron chi connectivity index (χ3n) is 6.29. The minimum absolute atomic E-state index is 0. The zero-order chi connectivity index (χ0) is 16.8. The summed E-state index contributed by atoms with van der Waals surface area (Å²) in [6, 6.07) is 2.08. The Morgan fingerprint density at radius 3 is 2.52 bits per heavy atom. The molecule has 25 heavy (non-hydrogen) atoms. The van der Waals surface area contributed by atoms with Gasteiger partial charge in [0.25, 0.3) is 0 Å². The third-order valence-corrected chi connectivity index (χ3v) is 6.29. The van der Waals surface area contributed by atoms with Crippen molar-refractivity contribution in [1.29, 1.82) is 0 Å². The van der Waals surface area contributed by atoms with E-state index in [9.17, 15) is 0 Å². The molecule has 2 atom stereocenters. The van der Waals surface area contributed by atoms with Crippen LogP contribution < -0.4 is 10.6 Å². The van der Waals surface area contributed by atoms with Crippen molar-refractivity contribution in [2.75, 3.05) is 39.8 Å². The van der Waals surface area contributed by atoms with Gasteiger partial charge in [-0.15, -0.1) is 24.0 Å². The molecule has 2 N–H and O–H groups in total. The highest BCUT2D eigenvalue weighted by atomic mass is 127. The molecule has 2 heterocycles. The molecule has 0 spiro atoms. The van der Waals surface area contributed by atoms with E-state index >= 15 is 0 Å². The highest BCUT2D eigenvalue weighted by Crippen LogP contribution is 2.26. The number of nitrogens with zero attached hydrogens (tertiary/aromatic N) is 3. The third kappa shape index (κ3) is 5.96. The summed E-state index contributed by atoms with van der Waals surface area (Å²) >= 11 is 0. The van der Waals surface area contributed by atoms with Crippen LogP contribution in [0.2, 0.25) is 0 Å². The molecular weight excluding hydrogens is 425 g/mol. The lowest BCUT2D eigenvalue weighted by Gasteiger charge is -2.35. The van der Waals surface area contributed by atoms with E-state index in [1.165, 1.54) is 71.0 Å². The van der Waals surface area contributed by atoms with Crippen molar-refractivity contribution < 1.29 is 0 Å². The van der Waals surface area contributed by atoms with E-state index in [0.717, 1.165) is 25.1 Å². The van der Waals surface area contributed by atoms with Gasteiger partial charge in [0.2, 0.25) is 0 Å². The Balaban J connectivity index is 0.00000225. The van der Waals surface area contributed by atoms with Crippen LogP contribution in [0.5, 0.6) is 0 Å². The minimum Gasteiger partial charge on any atom is -0.355 e. The highest BCUT2D eigenvalue weighted by molar-refractivity contribution is 14.0. The van der Waals surface area contributed by atoms with Crippen molar-refractivity contribution >= 4 is 29.9 Å². The Morgan fingerprint density at radius 2 is 1.80 bits per heavy atom. The first kappa shape index (κ1) is 21.2. The fraction of sp³-hybridized carbons (Fsp3) is 0.947. The van der Waals surface area contributed by atoms with Gasteiger partial charge in [0.05, 0.1) is 0 Å².